The van der Waals surface area contributed by atoms with Crippen LogP contribution in [0.2, 0.25) is 0 Å². The summed E-state index contributed by atoms with van der Waals surface area (Å²) in [5, 5.41) is 0. The van der Waals surface area contributed by atoms with E-state index in [1.807, 2.05) is 0 Å². The molecule has 0 aromatic heterocycles. The minimum absolute atomic E-state index is 0.0638. The Bertz CT molecular complexity index is 925. The van der Waals surface area contributed by atoms with Crippen LogP contribution < -0.4 is 0 Å². The van der Waals surface area contributed by atoms with Crippen LogP contribution in [0.15, 0.2) is 59.9 Å². The van der Waals surface area contributed by atoms with Crippen LogP contribution in [-0.4, -0.2) is 17.5 Å². The van der Waals surface area contributed by atoms with Gasteiger partial charge in [0.1, 0.15) is 5.82 Å². The molecule has 2 aromatic carbocycles. The Balaban J connectivity index is 1.90. The molecule has 0 spiro atoms. The summed E-state index contributed by atoms with van der Waals surface area (Å²) in [6, 6.07) is 12.0. The number of ketones is 2. The first-order chi connectivity index (χ1) is 11.6. The average Bonchev–Trinajstić information content (AvgIpc) is 2.59. The maximum atomic E-state index is 13.2. The molecule has 118 valence electrons. The van der Waals surface area contributed by atoms with Gasteiger partial charge >= 0.3 is 5.97 Å². The van der Waals surface area contributed by atoms with Crippen LogP contribution in [0, 0.1) is 5.82 Å². The van der Waals surface area contributed by atoms with E-state index in [2.05, 4.69) is 0 Å². The van der Waals surface area contributed by atoms with Gasteiger partial charge < -0.3 is 4.74 Å². The van der Waals surface area contributed by atoms with Gasteiger partial charge in [-0.1, -0.05) is 36.4 Å². The van der Waals surface area contributed by atoms with Crippen molar-refractivity contribution in [3.63, 3.8) is 0 Å². The number of carbonyl (C=O) groups is 3. The van der Waals surface area contributed by atoms with Gasteiger partial charge in [0, 0.05) is 17.0 Å². The molecule has 4 nitrogen and oxygen atoms in total. The minimum Gasteiger partial charge on any atom is -0.422 e. The van der Waals surface area contributed by atoms with Crippen molar-refractivity contribution in [2.24, 2.45) is 0 Å². The van der Waals surface area contributed by atoms with E-state index in [0.717, 1.165) is 0 Å². The van der Waals surface area contributed by atoms with Gasteiger partial charge in [0.2, 0.25) is 5.78 Å². The first-order valence-corrected chi connectivity index (χ1v) is 7.45. The van der Waals surface area contributed by atoms with E-state index in [4.69, 9.17) is 4.74 Å². The van der Waals surface area contributed by atoms with Crippen molar-refractivity contribution in [2.45, 2.75) is 12.3 Å². The zero-order valence-corrected chi connectivity index (χ0v) is 12.4. The molecule has 5 heteroatoms. The van der Waals surface area contributed by atoms with Crippen molar-refractivity contribution in [1.82, 2.24) is 0 Å². The summed E-state index contributed by atoms with van der Waals surface area (Å²) in [5.41, 5.74) is 1.30. The zero-order chi connectivity index (χ0) is 16.8. The van der Waals surface area contributed by atoms with E-state index in [9.17, 15) is 18.8 Å². The number of fused-ring (bicyclic) bond motifs is 1. The highest BCUT2D eigenvalue weighted by Crippen LogP contribution is 2.41. The molecule has 4 rings (SSSR count). The van der Waals surface area contributed by atoms with Gasteiger partial charge in [-0.3, -0.25) is 14.4 Å². The number of carbonyl (C=O) groups excluding carboxylic acids is 3. The second-order valence-corrected chi connectivity index (χ2v) is 5.73. The molecule has 1 aliphatic carbocycles. The smallest absolute Gasteiger partial charge is 0.312 e. The molecule has 0 N–H and O–H groups in total. The third-order valence-corrected chi connectivity index (χ3v) is 4.32. The first-order valence-electron chi connectivity index (χ1n) is 7.45. The molecule has 1 heterocycles. The Morgan fingerprint density at radius 3 is 2.17 bits per heavy atom. The molecular weight excluding hydrogens is 311 g/mol. The molecule has 0 saturated heterocycles. The third-order valence-electron chi connectivity index (χ3n) is 4.32. The largest absolute Gasteiger partial charge is 0.422 e. The number of esters is 1. The van der Waals surface area contributed by atoms with Gasteiger partial charge in [0.05, 0.1) is 12.0 Å². The molecule has 0 fully saturated rings. The first kappa shape index (κ1) is 14.5. The summed E-state index contributed by atoms with van der Waals surface area (Å²) in [6.07, 6.45) is -0.0638. The number of ether oxygens (including phenoxy) is 1. The fourth-order valence-corrected chi connectivity index (χ4v) is 3.19. The predicted octanol–water partition coefficient (Wildman–Crippen LogP) is 3.19. The van der Waals surface area contributed by atoms with E-state index >= 15 is 0 Å². The number of allylic oxidation sites excluding steroid dienone is 2. The molecule has 1 aliphatic heterocycles. The number of Topliss-reactive ketones (excluding diaryl/α,β-unsaturated/α-hetero) is 2. The van der Waals surface area contributed by atoms with Crippen molar-refractivity contribution in [2.75, 3.05) is 0 Å². The molecular formula is C19H11FO4. The Morgan fingerprint density at radius 1 is 0.875 bits per heavy atom. The molecule has 1 atom stereocenters. The highest BCUT2D eigenvalue weighted by Gasteiger charge is 2.42. The topological polar surface area (TPSA) is 60.4 Å². The second kappa shape index (κ2) is 5.23. The number of rotatable bonds is 1. The summed E-state index contributed by atoms with van der Waals surface area (Å²) in [7, 11) is 0. The number of hydrogen-bond acceptors (Lipinski definition) is 4. The fourth-order valence-electron chi connectivity index (χ4n) is 3.19. The van der Waals surface area contributed by atoms with Gasteiger partial charge in [-0.2, -0.15) is 0 Å². The van der Waals surface area contributed by atoms with Crippen LogP contribution in [-0.2, 0) is 9.53 Å². The van der Waals surface area contributed by atoms with Gasteiger partial charge in [-0.05, 0) is 17.7 Å². The quantitative estimate of drug-likeness (QED) is 0.757. The highest BCUT2D eigenvalue weighted by molar-refractivity contribution is 6.27. The molecule has 0 bridgehead atoms. The van der Waals surface area contributed by atoms with Crippen molar-refractivity contribution in [1.29, 1.82) is 0 Å². The van der Waals surface area contributed by atoms with Crippen molar-refractivity contribution in [3.05, 3.63) is 82.4 Å². The maximum absolute atomic E-state index is 13.2. The molecule has 0 radical (unpaired) electrons. The zero-order valence-electron chi connectivity index (χ0n) is 12.4. The summed E-state index contributed by atoms with van der Waals surface area (Å²) in [6.45, 7) is 0. The summed E-state index contributed by atoms with van der Waals surface area (Å²) in [4.78, 5) is 37.4. The SMILES string of the molecule is O=C1C[C@H](c2ccc(F)cc2)C2=C(O1)C(=O)c1ccccc1C2=O. The summed E-state index contributed by atoms with van der Waals surface area (Å²) < 4.78 is 18.3. The maximum Gasteiger partial charge on any atom is 0.312 e. The summed E-state index contributed by atoms with van der Waals surface area (Å²) >= 11 is 0. The molecule has 24 heavy (non-hydrogen) atoms. The average molecular weight is 322 g/mol. The standard InChI is InChI=1S/C19H11FO4/c20-11-7-5-10(6-8-11)14-9-15(21)24-19-16(14)17(22)12-3-1-2-4-13(12)18(19)23/h1-8,14H,9H2/t14-/m1/s1. The minimum atomic E-state index is -0.619. The van der Waals surface area contributed by atoms with Gasteiger partial charge in [0.15, 0.2) is 11.5 Å². The van der Waals surface area contributed by atoms with Crippen LogP contribution in [0.5, 0.6) is 0 Å². The van der Waals surface area contributed by atoms with E-state index in [1.54, 1.807) is 18.2 Å². The number of hydrogen-bond donors (Lipinski definition) is 0. The lowest BCUT2D eigenvalue weighted by molar-refractivity contribution is -0.140. The molecule has 2 aliphatic rings. The predicted molar refractivity (Wildman–Crippen MR) is 82.0 cm³/mol. The Labute approximate surface area is 136 Å². The Hall–Kier alpha value is -3.08. The van der Waals surface area contributed by atoms with Crippen LogP contribution in [0.25, 0.3) is 0 Å². The van der Waals surface area contributed by atoms with Crippen LogP contribution in [0.3, 0.4) is 0 Å². The van der Waals surface area contributed by atoms with Crippen molar-refractivity contribution in [3.8, 4) is 0 Å². The lowest BCUT2D eigenvalue weighted by Gasteiger charge is -2.29. The lowest BCUT2D eigenvalue weighted by Crippen LogP contribution is -2.32. The van der Waals surface area contributed by atoms with Crippen LogP contribution in [0.1, 0.15) is 38.6 Å². The molecule has 2 aromatic rings. The van der Waals surface area contributed by atoms with Gasteiger partial charge in [-0.15, -0.1) is 0 Å². The third kappa shape index (κ3) is 2.09. The van der Waals surface area contributed by atoms with Gasteiger partial charge in [-0.25, -0.2) is 4.39 Å². The monoisotopic (exact) mass is 322 g/mol. The molecule has 0 unspecified atom stereocenters. The Morgan fingerprint density at radius 2 is 1.50 bits per heavy atom. The van der Waals surface area contributed by atoms with Crippen molar-refractivity contribution >= 4 is 17.5 Å². The van der Waals surface area contributed by atoms with E-state index in [-0.39, 0.29) is 29.1 Å². The fraction of sp³-hybridized carbons (Fsp3) is 0.105. The highest BCUT2D eigenvalue weighted by atomic mass is 19.1. The van der Waals surface area contributed by atoms with E-state index in [0.29, 0.717) is 11.1 Å². The van der Waals surface area contributed by atoms with Crippen LogP contribution >= 0.6 is 0 Å². The van der Waals surface area contributed by atoms with E-state index < -0.39 is 23.5 Å². The second-order valence-electron chi connectivity index (χ2n) is 5.73. The molecule has 0 saturated carbocycles. The number of halogens is 1. The molecule has 0 amide bonds. The van der Waals surface area contributed by atoms with E-state index in [1.165, 1.54) is 30.3 Å². The van der Waals surface area contributed by atoms with Crippen LogP contribution in [0.4, 0.5) is 4.39 Å². The van der Waals surface area contributed by atoms with Gasteiger partial charge in [0.25, 0.3) is 0 Å². The summed E-state index contributed by atoms with van der Waals surface area (Å²) in [5.74, 6) is -2.62. The number of benzene rings is 2. The normalized spacial score (nSPS) is 19.7. The Kier molecular flexibility index (Phi) is 3.16. The lowest BCUT2D eigenvalue weighted by atomic mass is 9.77. The van der Waals surface area contributed by atoms with Crippen molar-refractivity contribution < 1.29 is 23.5 Å².